The van der Waals surface area contributed by atoms with Gasteiger partial charge < -0.3 is 15.3 Å². The summed E-state index contributed by atoms with van der Waals surface area (Å²) < 4.78 is 41.0. The van der Waals surface area contributed by atoms with Crippen molar-refractivity contribution in [3.05, 3.63) is 33.8 Å². The number of likely N-dealkylation sites (tertiary alicyclic amines) is 1. The molecule has 0 radical (unpaired) electrons. The van der Waals surface area contributed by atoms with Gasteiger partial charge in [0, 0.05) is 45.1 Å². The highest BCUT2D eigenvalue weighted by molar-refractivity contribution is 6.42. The van der Waals surface area contributed by atoms with E-state index in [1.807, 2.05) is 0 Å². The summed E-state index contributed by atoms with van der Waals surface area (Å²) in [6.07, 6.45) is -5.61. The van der Waals surface area contributed by atoms with E-state index in [0.29, 0.717) is 23.6 Å². The monoisotopic (exact) mass is 549 g/mol. The van der Waals surface area contributed by atoms with Crippen LogP contribution in [0.5, 0.6) is 0 Å². The number of alkyl halides is 3. The molecule has 1 aromatic rings. The zero-order valence-electron chi connectivity index (χ0n) is 19.7. The quantitative estimate of drug-likeness (QED) is 0.561. The average molecular weight is 550 g/mol. The predicted molar refractivity (Wildman–Crippen MR) is 127 cm³/mol. The number of halogens is 5. The van der Waals surface area contributed by atoms with Crippen LogP contribution in [0, 0.1) is 11.3 Å². The van der Waals surface area contributed by atoms with Crippen LogP contribution in [-0.4, -0.2) is 77.6 Å². The zero-order valence-corrected chi connectivity index (χ0v) is 21.2. The number of benzene rings is 1. The fourth-order valence-electron chi connectivity index (χ4n) is 5.92. The van der Waals surface area contributed by atoms with Gasteiger partial charge in [0.2, 0.25) is 5.91 Å². The van der Waals surface area contributed by atoms with Crippen LogP contribution < -0.4 is 5.32 Å². The molecule has 0 spiro atoms. The minimum Gasteiger partial charge on any atom is -0.465 e. The number of carbonyl (C=O) groups excluding carboxylic acids is 2. The first-order chi connectivity index (χ1) is 16.8. The molecule has 36 heavy (non-hydrogen) atoms. The lowest BCUT2D eigenvalue weighted by atomic mass is 9.66. The van der Waals surface area contributed by atoms with Gasteiger partial charge in [-0.2, -0.15) is 13.2 Å². The Hall–Kier alpha value is -2.04. The van der Waals surface area contributed by atoms with Gasteiger partial charge in [-0.25, -0.2) is 4.79 Å². The van der Waals surface area contributed by atoms with Crippen LogP contribution in [0.2, 0.25) is 10.0 Å². The first-order valence-corrected chi connectivity index (χ1v) is 12.6. The molecule has 2 heterocycles. The first kappa shape index (κ1) is 27.0. The van der Waals surface area contributed by atoms with E-state index in [-0.39, 0.29) is 56.1 Å². The second-order valence-electron chi connectivity index (χ2n) is 9.99. The lowest BCUT2D eigenvalue weighted by Crippen LogP contribution is -2.62. The largest absolute Gasteiger partial charge is 0.465 e. The Morgan fingerprint density at radius 3 is 2.28 bits per heavy atom. The molecule has 0 aromatic heterocycles. The van der Waals surface area contributed by atoms with Gasteiger partial charge >= 0.3 is 12.3 Å². The second-order valence-corrected chi connectivity index (χ2v) is 10.8. The van der Waals surface area contributed by atoms with Crippen LogP contribution in [0.25, 0.3) is 0 Å². The number of nitrogens with one attached hydrogen (secondary N) is 1. The van der Waals surface area contributed by atoms with Gasteiger partial charge in [0.1, 0.15) is 11.0 Å². The van der Waals surface area contributed by atoms with Gasteiger partial charge in [0.15, 0.2) is 5.78 Å². The zero-order chi connectivity index (χ0) is 26.5. The van der Waals surface area contributed by atoms with Gasteiger partial charge in [0.05, 0.1) is 10.0 Å². The van der Waals surface area contributed by atoms with Crippen molar-refractivity contribution >= 4 is 41.0 Å². The van der Waals surface area contributed by atoms with E-state index in [4.69, 9.17) is 23.2 Å². The summed E-state index contributed by atoms with van der Waals surface area (Å²) in [6.45, 7) is 0.443. The normalized spacial score (nSPS) is 26.4. The van der Waals surface area contributed by atoms with Crippen LogP contribution in [0.3, 0.4) is 0 Å². The Labute approximate surface area is 216 Å². The van der Waals surface area contributed by atoms with Crippen LogP contribution in [-0.2, 0) is 9.59 Å². The molecule has 0 bridgehead atoms. The standard InChI is InChI=1S/C24H28Cl2F3N3O4/c1-31(21(35)36)23(13-30-12-16(23)15-3-4-17(25)18(26)11-15)19(33)14-5-9-32(10-6-14)20(34)22(7-2-8-22)24(27,28)29/h3-4,11,14,16,30H,2,5-10,12-13H2,1H3,(H,35,36)/t16-,23+/m0/s1. The number of hydrogen-bond donors (Lipinski definition) is 2. The summed E-state index contributed by atoms with van der Waals surface area (Å²) in [6, 6.07) is 4.92. The molecule has 1 saturated carbocycles. The molecule has 0 unspecified atom stereocenters. The average Bonchev–Trinajstić information content (AvgIpc) is 3.24. The number of nitrogens with zero attached hydrogens (tertiary/aromatic N) is 2. The summed E-state index contributed by atoms with van der Waals surface area (Å²) >= 11 is 12.3. The molecule has 2 atom stereocenters. The lowest BCUT2D eigenvalue weighted by molar-refractivity contribution is -0.249. The summed E-state index contributed by atoms with van der Waals surface area (Å²) in [5, 5.41) is 13.6. The lowest BCUT2D eigenvalue weighted by Gasteiger charge is -2.47. The van der Waals surface area contributed by atoms with Crippen LogP contribution in [0.4, 0.5) is 18.0 Å². The van der Waals surface area contributed by atoms with Crippen molar-refractivity contribution in [2.45, 2.75) is 49.7 Å². The maximum atomic E-state index is 14.0. The topological polar surface area (TPSA) is 90.0 Å². The highest BCUT2D eigenvalue weighted by atomic mass is 35.5. The summed E-state index contributed by atoms with van der Waals surface area (Å²) in [5.41, 5.74) is -3.11. The van der Waals surface area contributed by atoms with Gasteiger partial charge in [0.25, 0.3) is 0 Å². The third-order valence-electron chi connectivity index (χ3n) is 8.29. The van der Waals surface area contributed by atoms with E-state index in [9.17, 15) is 32.7 Å². The highest BCUT2D eigenvalue weighted by Crippen LogP contribution is 2.54. The maximum Gasteiger partial charge on any atom is 0.407 e. The molecule has 12 heteroatoms. The third-order valence-corrected chi connectivity index (χ3v) is 9.03. The Kier molecular flexibility index (Phi) is 7.27. The van der Waals surface area contributed by atoms with Crippen molar-refractivity contribution in [2.24, 2.45) is 11.3 Å². The summed E-state index contributed by atoms with van der Waals surface area (Å²) in [7, 11) is 1.35. The summed E-state index contributed by atoms with van der Waals surface area (Å²) in [5.74, 6) is -2.39. The van der Waals surface area contributed by atoms with E-state index in [2.05, 4.69) is 5.32 Å². The minimum atomic E-state index is -4.61. The van der Waals surface area contributed by atoms with Crippen molar-refractivity contribution in [3.63, 3.8) is 0 Å². The van der Waals surface area contributed by atoms with E-state index in [1.165, 1.54) is 11.9 Å². The second kappa shape index (κ2) is 9.68. The fourth-order valence-corrected chi connectivity index (χ4v) is 6.23. The molecule has 1 aromatic carbocycles. The number of hydrogen-bond acceptors (Lipinski definition) is 4. The van der Waals surface area contributed by atoms with Crippen molar-refractivity contribution in [3.8, 4) is 0 Å². The van der Waals surface area contributed by atoms with Crippen molar-refractivity contribution < 1.29 is 32.7 Å². The van der Waals surface area contributed by atoms with Gasteiger partial charge in [-0.1, -0.05) is 35.7 Å². The van der Waals surface area contributed by atoms with Gasteiger partial charge in [-0.05, 0) is 43.4 Å². The third kappa shape index (κ3) is 4.24. The van der Waals surface area contributed by atoms with E-state index in [1.54, 1.807) is 18.2 Å². The Morgan fingerprint density at radius 2 is 1.78 bits per heavy atom. The smallest absolute Gasteiger partial charge is 0.407 e. The molecule has 2 amide bonds. The molecule has 3 aliphatic rings. The van der Waals surface area contributed by atoms with Crippen molar-refractivity contribution in [2.75, 3.05) is 33.2 Å². The first-order valence-electron chi connectivity index (χ1n) is 11.9. The minimum absolute atomic E-state index is 0.0187. The van der Waals surface area contributed by atoms with E-state index in [0.717, 1.165) is 4.90 Å². The number of rotatable bonds is 5. The molecule has 2 aliphatic heterocycles. The molecule has 3 fully saturated rings. The van der Waals surface area contributed by atoms with Crippen molar-refractivity contribution in [1.29, 1.82) is 0 Å². The number of amides is 2. The fraction of sp³-hybridized carbons (Fsp3) is 0.625. The molecule has 198 valence electrons. The predicted octanol–water partition coefficient (Wildman–Crippen LogP) is 4.57. The number of carbonyl (C=O) groups is 3. The Balaban J connectivity index is 1.57. The molecular formula is C24H28Cl2F3N3O4. The molecule has 4 rings (SSSR count). The number of carboxylic acid groups (broad SMARTS) is 1. The Bertz CT molecular complexity index is 1060. The SMILES string of the molecule is CN(C(=O)O)[C@]1(C(=O)C2CCN(C(=O)C3(C(F)(F)F)CCC3)CC2)CNC[C@H]1c1ccc(Cl)c(Cl)c1. The van der Waals surface area contributed by atoms with E-state index < -0.39 is 41.0 Å². The highest BCUT2D eigenvalue weighted by Gasteiger charge is 2.64. The summed E-state index contributed by atoms with van der Waals surface area (Å²) in [4.78, 5) is 41.2. The van der Waals surface area contributed by atoms with Gasteiger partial charge in [-0.3, -0.25) is 14.5 Å². The molecule has 2 saturated heterocycles. The molecule has 1 aliphatic carbocycles. The van der Waals surface area contributed by atoms with Crippen LogP contribution in [0.15, 0.2) is 18.2 Å². The number of Topliss-reactive ketones (excluding diaryl/α,β-unsaturated/α-hetero) is 1. The number of ketones is 1. The molecular weight excluding hydrogens is 522 g/mol. The maximum absolute atomic E-state index is 14.0. The van der Waals surface area contributed by atoms with Crippen molar-refractivity contribution in [1.82, 2.24) is 15.1 Å². The van der Waals surface area contributed by atoms with Crippen LogP contribution in [0.1, 0.15) is 43.6 Å². The Morgan fingerprint density at radius 1 is 1.14 bits per heavy atom. The van der Waals surface area contributed by atoms with Gasteiger partial charge in [-0.15, -0.1) is 0 Å². The number of likely N-dealkylation sites (N-methyl/N-ethyl adjacent to an activating group) is 1. The molecule has 2 N–H and O–H groups in total. The van der Waals surface area contributed by atoms with E-state index >= 15 is 0 Å². The number of piperidine rings is 1. The van der Waals surface area contributed by atoms with Crippen LogP contribution >= 0.6 is 23.2 Å². The molecule has 7 nitrogen and oxygen atoms in total.